The van der Waals surface area contributed by atoms with E-state index < -0.39 is 0 Å². The molecule has 1 N–H and O–H groups in total. The molecular formula is C25H40O. The Kier molecular flexibility index (Phi) is 7.89. The molecule has 0 radical (unpaired) electrons. The van der Waals surface area contributed by atoms with Crippen LogP contribution >= 0.6 is 0 Å². The fraction of sp³-hybridized carbons (Fsp3) is 0.760. The lowest BCUT2D eigenvalue weighted by atomic mass is 9.68. The Morgan fingerprint density at radius 3 is 1.81 bits per heavy atom. The summed E-state index contributed by atoms with van der Waals surface area (Å²) in [7, 11) is 0. The number of benzene rings is 1. The predicted molar refractivity (Wildman–Crippen MR) is 111 cm³/mol. The zero-order valence-corrected chi connectivity index (χ0v) is 17.0. The molecule has 2 fully saturated rings. The van der Waals surface area contributed by atoms with Crippen LogP contribution < -0.4 is 0 Å². The van der Waals surface area contributed by atoms with Crippen molar-refractivity contribution in [1.82, 2.24) is 0 Å². The third-order valence-corrected chi connectivity index (χ3v) is 7.44. The van der Waals surface area contributed by atoms with Crippen molar-refractivity contribution in [2.45, 2.75) is 96.8 Å². The van der Waals surface area contributed by atoms with Gasteiger partial charge < -0.3 is 5.11 Å². The Labute approximate surface area is 161 Å². The lowest BCUT2D eigenvalue weighted by Crippen LogP contribution is -2.26. The van der Waals surface area contributed by atoms with Crippen molar-refractivity contribution >= 4 is 0 Å². The van der Waals surface area contributed by atoms with Crippen molar-refractivity contribution in [2.75, 3.05) is 0 Å². The molecule has 0 heterocycles. The monoisotopic (exact) mass is 356 g/mol. The molecule has 0 spiro atoms. The van der Waals surface area contributed by atoms with E-state index in [2.05, 4.69) is 19.1 Å². The Balaban J connectivity index is 1.32. The van der Waals surface area contributed by atoms with Crippen LogP contribution in [-0.2, 0) is 6.42 Å². The first-order valence-electron chi connectivity index (χ1n) is 11.5. The van der Waals surface area contributed by atoms with Crippen LogP contribution in [0.3, 0.4) is 0 Å². The fourth-order valence-corrected chi connectivity index (χ4v) is 5.61. The highest BCUT2D eigenvalue weighted by atomic mass is 16.3. The number of phenols is 1. The fourth-order valence-electron chi connectivity index (χ4n) is 5.61. The largest absolute Gasteiger partial charge is 0.508 e. The van der Waals surface area contributed by atoms with E-state index in [9.17, 15) is 5.11 Å². The summed E-state index contributed by atoms with van der Waals surface area (Å²) in [6.45, 7) is 2.32. The lowest BCUT2D eigenvalue weighted by molar-refractivity contribution is 0.140. The van der Waals surface area contributed by atoms with E-state index in [0.29, 0.717) is 5.75 Å². The summed E-state index contributed by atoms with van der Waals surface area (Å²) >= 11 is 0. The molecular weight excluding hydrogens is 316 g/mol. The molecule has 26 heavy (non-hydrogen) atoms. The van der Waals surface area contributed by atoms with E-state index in [1.165, 1.54) is 95.5 Å². The van der Waals surface area contributed by atoms with E-state index in [0.717, 1.165) is 23.7 Å². The van der Waals surface area contributed by atoms with Crippen LogP contribution in [-0.4, -0.2) is 5.11 Å². The van der Waals surface area contributed by atoms with Crippen LogP contribution in [0.25, 0.3) is 0 Å². The highest BCUT2D eigenvalue weighted by Gasteiger charge is 2.30. The molecule has 0 aromatic heterocycles. The number of aromatic hydroxyl groups is 1. The van der Waals surface area contributed by atoms with Gasteiger partial charge in [0.15, 0.2) is 0 Å². The number of unbranched alkanes of at least 4 members (excludes halogenated alkanes) is 2. The molecule has 3 rings (SSSR count). The molecule has 1 nitrogen and oxygen atoms in total. The van der Waals surface area contributed by atoms with Crippen LogP contribution in [0.2, 0.25) is 0 Å². The molecule has 2 aliphatic rings. The first-order valence-corrected chi connectivity index (χ1v) is 11.5. The van der Waals surface area contributed by atoms with Crippen molar-refractivity contribution in [3.63, 3.8) is 0 Å². The summed E-state index contributed by atoms with van der Waals surface area (Å²) in [6, 6.07) is 7.81. The molecule has 2 saturated carbocycles. The average Bonchev–Trinajstić information content (AvgIpc) is 2.69. The zero-order chi connectivity index (χ0) is 18.2. The van der Waals surface area contributed by atoms with Gasteiger partial charge in [0.1, 0.15) is 5.75 Å². The van der Waals surface area contributed by atoms with Gasteiger partial charge in [0.05, 0.1) is 0 Å². The summed E-state index contributed by atoms with van der Waals surface area (Å²) in [5.74, 6) is 4.46. The number of aryl methyl sites for hydroxylation is 1. The number of hydrogen-bond donors (Lipinski definition) is 1. The molecule has 0 atom stereocenters. The quantitative estimate of drug-likeness (QED) is 0.477. The molecule has 1 heteroatoms. The summed E-state index contributed by atoms with van der Waals surface area (Å²) < 4.78 is 0. The van der Waals surface area contributed by atoms with Crippen LogP contribution in [0, 0.1) is 23.7 Å². The van der Waals surface area contributed by atoms with Crippen molar-refractivity contribution < 1.29 is 5.11 Å². The Morgan fingerprint density at radius 2 is 1.27 bits per heavy atom. The molecule has 1 aromatic carbocycles. The maximum atomic E-state index is 9.40. The second kappa shape index (κ2) is 10.4. The minimum absolute atomic E-state index is 0.384. The van der Waals surface area contributed by atoms with Gasteiger partial charge in [0, 0.05) is 0 Å². The maximum Gasteiger partial charge on any atom is 0.115 e. The van der Waals surface area contributed by atoms with Crippen molar-refractivity contribution in [1.29, 1.82) is 0 Å². The SMILES string of the molecule is CCCCCC1CCC(C2CCC(CCc3ccc(O)cc3)CC2)CC1. The maximum absolute atomic E-state index is 9.40. The molecule has 2 aliphatic carbocycles. The van der Waals surface area contributed by atoms with Gasteiger partial charge >= 0.3 is 0 Å². The van der Waals surface area contributed by atoms with Gasteiger partial charge in [-0.2, -0.15) is 0 Å². The van der Waals surface area contributed by atoms with Crippen LogP contribution in [0.15, 0.2) is 24.3 Å². The molecule has 0 aliphatic heterocycles. The highest BCUT2D eigenvalue weighted by Crippen LogP contribution is 2.43. The number of phenolic OH excluding ortho intramolecular Hbond substituents is 1. The normalized spacial score (nSPS) is 29.6. The smallest absolute Gasteiger partial charge is 0.115 e. The summed E-state index contributed by atoms with van der Waals surface area (Å²) in [6.07, 6.45) is 20.3. The Morgan fingerprint density at radius 1 is 0.731 bits per heavy atom. The minimum Gasteiger partial charge on any atom is -0.508 e. The highest BCUT2D eigenvalue weighted by molar-refractivity contribution is 5.25. The second-order valence-corrected chi connectivity index (χ2v) is 9.26. The van der Waals surface area contributed by atoms with Crippen molar-refractivity contribution in [3.05, 3.63) is 29.8 Å². The van der Waals surface area contributed by atoms with Gasteiger partial charge in [-0.15, -0.1) is 0 Å². The molecule has 1 aromatic rings. The number of rotatable bonds is 8. The first kappa shape index (κ1) is 19.8. The van der Waals surface area contributed by atoms with Gasteiger partial charge in [-0.3, -0.25) is 0 Å². The van der Waals surface area contributed by atoms with Gasteiger partial charge in [0.25, 0.3) is 0 Å². The van der Waals surface area contributed by atoms with E-state index in [1.54, 1.807) is 0 Å². The summed E-state index contributed by atoms with van der Waals surface area (Å²) in [4.78, 5) is 0. The number of hydrogen-bond acceptors (Lipinski definition) is 1. The lowest BCUT2D eigenvalue weighted by Gasteiger charge is -2.38. The predicted octanol–water partition coefficient (Wildman–Crippen LogP) is 7.52. The minimum atomic E-state index is 0.384. The van der Waals surface area contributed by atoms with Crippen LogP contribution in [0.4, 0.5) is 0 Å². The average molecular weight is 357 g/mol. The molecule has 0 bridgehead atoms. The van der Waals surface area contributed by atoms with Gasteiger partial charge in [-0.1, -0.05) is 70.4 Å². The third kappa shape index (κ3) is 6.03. The Hall–Kier alpha value is -0.980. The summed E-state index contributed by atoms with van der Waals surface area (Å²) in [5, 5.41) is 9.40. The van der Waals surface area contributed by atoms with Crippen molar-refractivity contribution in [3.8, 4) is 5.75 Å². The third-order valence-electron chi connectivity index (χ3n) is 7.44. The van der Waals surface area contributed by atoms with Gasteiger partial charge in [-0.25, -0.2) is 0 Å². The second-order valence-electron chi connectivity index (χ2n) is 9.26. The molecule has 146 valence electrons. The molecule has 0 unspecified atom stereocenters. The summed E-state index contributed by atoms with van der Waals surface area (Å²) in [5.41, 5.74) is 1.38. The molecule has 0 amide bonds. The van der Waals surface area contributed by atoms with E-state index in [-0.39, 0.29) is 0 Å². The van der Waals surface area contributed by atoms with Crippen molar-refractivity contribution in [2.24, 2.45) is 23.7 Å². The molecule has 0 saturated heterocycles. The van der Waals surface area contributed by atoms with Crippen LogP contribution in [0.5, 0.6) is 5.75 Å². The van der Waals surface area contributed by atoms with E-state index in [1.807, 2.05) is 12.1 Å². The Bertz CT molecular complexity index is 489. The van der Waals surface area contributed by atoms with E-state index in [4.69, 9.17) is 0 Å². The van der Waals surface area contributed by atoms with E-state index >= 15 is 0 Å². The standard InChI is InChI=1S/C25H40O/c1-2-3-4-5-20-8-14-23(15-9-20)24-16-10-21(11-17-24)6-7-22-12-18-25(26)19-13-22/h12-13,18-21,23-24,26H,2-11,14-17H2,1H3. The zero-order valence-electron chi connectivity index (χ0n) is 17.0. The topological polar surface area (TPSA) is 20.2 Å². The van der Waals surface area contributed by atoms with Gasteiger partial charge in [-0.05, 0) is 79.9 Å². The van der Waals surface area contributed by atoms with Crippen LogP contribution in [0.1, 0.15) is 96.0 Å². The first-order chi connectivity index (χ1) is 12.7. The van der Waals surface area contributed by atoms with Gasteiger partial charge in [0.2, 0.25) is 0 Å².